The van der Waals surface area contributed by atoms with Crippen LogP contribution in [0.4, 0.5) is 13.9 Å². The smallest absolute Gasteiger partial charge is 0.226 e. The van der Waals surface area contributed by atoms with E-state index in [1.54, 1.807) is 0 Å². The Balaban J connectivity index is 1.49. The molecule has 0 spiro atoms. The Kier molecular flexibility index (Phi) is 7.53. The van der Waals surface area contributed by atoms with Gasteiger partial charge in [0.15, 0.2) is 16.8 Å². The Bertz CT molecular complexity index is 1040. The molecule has 0 bridgehead atoms. The molecule has 0 unspecified atom stereocenters. The Hall–Kier alpha value is -2.78. The van der Waals surface area contributed by atoms with Gasteiger partial charge in [-0.15, -0.1) is 23.1 Å². The highest BCUT2D eigenvalue weighted by Gasteiger charge is 2.09. The summed E-state index contributed by atoms with van der Waals surface area (Å²) < 4.78 is 26.1. The van der Waals surface area contributed by atoms with Gasteiger partial charge in [0, 0.05) is 41.5 Å². The maximum atomic E-state index is 13.2. The molecule has 0 aliphatic heterocycles. The van der Waals surface area contributed by atoms with Crippen molar-refractivity contribution >= 4 is 40.0 Å². The van der Waals surface area contributed by atoms with Crippen LogP contribution in [0.25, 0.3) is 11.3 Å². The van der Waals surface area contributed by atoms with Gasteiger partial charge in [-0.2, -0.15) is 0 Å². The monoisotopic (exact) mass is 447 g/mol. The summed E-state index contributed by atoms with van der Waals surface area (Å²) in [7, 11) is 0. The summed E-state index contributed by atoms with van der Waals surface area (Å²) >= 11 is 2.61. The van der Waals surface area contributed by atoms with Crippen molar-refractivity contribution < 1.29 is 18.4 Å². The number of nitrogens with one attached hydrogen (secondary N) is 2. The lowest BCUT2D eigenvalue weighted by molar-refractivity contribution is -0.119. The summed E-state index contributed by atoms with van der Waals surface area (Å²) in [6.45, 7) is 1.94. The van der Waals surface area contributed by atoms with Crippen molar-refractivity contribution in [3.63, 3.8) is 0 Å². The predicted octanol–water partition coefficient (Wildman–Crippen LogP) is 4.85. The molecule has 0 fully saturated rings. The summed E-state index contributed by atoms with van der Waals surface area (Å²) in [5.41, 5.74) is 2.64. The molecule has 9 heteroatoms. The first-order valence-electron chi connectivity index (χ1n) is 9.07. The Morgan fingerprint density at radius 2 is 1.87 bits per heavy atom. The second-order valence-corrected chi connectivity index (χ2v) is 8.39. The molecule has 2 aromatic carbocycles. The van der Waals surface area contributed by atoms with Crippen LogP contribution in [-0.4, -0.2) is 22.6 Å². The second kappa shape index (κ2) is 10.3. The molecule has 1 aromatic heterocycles. The van der Waals surface area contributed by atoms with E-state index in [1.807, 2.05) is 29.6 Å². The highest BCUT2D eigenvalue weighted by molar-refractivity contribution is 7.99. The average Bonchev–Trinajstić information content (AvgIpc) is 3.18. The maximum Gasteiger partial charge on any atom is 0.226 e. The fourth-order valence-electron chi connectivity index (χ4n) is 2.49. The molecule has 156 valence electrons. The van der Waals surface area contributed by atoms with Crippen LogP contribution in [0.2, 0.25) is 0 Å². The molecule has 30 heavy (non-hydrogen) atoms. The number of hydrogen-bond acceptors (Lipinski definition) is 5. The molecular formula is C21H19F2N3O2S2. The topological polar surface area (TPSA) is 71.1 Å². The van der Waals surface area contributed by atoms with Crippen LogP contribution in [0.15, 0.2) is 52.7 Å². The molecule has 0 atom stereocenters. The Morgan fingerprint density at radius 1 is 1.10 bits per heavy atom. The number of amides is 2. The molecule has 5 nitrogen and oxygen atoms in total. The zero-order valence-corrected chi connectivity index (χ0v) is 17.7. The highest BCUT2D eigenvalue weighted by atomic mass is 32.2. The van der Waals surface area contributed by atoms with Crippen molar-refractivity contribution in [1.82, 2.24) is 10.3 Å². The standard InChI is InChI=1S/C21H19F2N3O2S2/c1-13(27)24-11-14-2-4-15(5-3-14)19-12-30-21(25-19)26-20(28)8-9-29-16-6-7-17(22)18(23)10-16/h2-7,10,12H,8-9,11H2,1H3,(H,24,27)(H,25,26,28). The molecule has 0 radical (unpaired) electrons. The van der Waals surface area contributed by atoms with Crippen LogP contribution in [0.5, 0.6) is 0 Å². The third-order valence-corrected chi connectivity index (χ3v) is 5.78. The van der Waals surface area contributed by atoms with Crippen molar-refractivity contribution in [2.45, 2.75) is 24.8 Å². The zero-order chi connectivity index (χ0) is 21.5. The van der Waals surface area contributed by atoms with Crippen LogP contribution in [0.3, 0.4) is 0 Å². The predicted molar refractivity (Wildman–Crippen MR) is 115 cm³/mol. The highest BCUT2D eigenvalue weighted by Crippen LogP contribution is 2.26. The van der Waals surface area contributed by atoms with E-state index >= 15 is 0 Å². The molecule has 2 amide bonds. The number of carbonyl (C=O) groups is 2. The van der Waals surface area contributed by atoms with Crippen LogP contribution < -0.4 is 10.6 Å². The first-order valence-corrected chi connectivity index (χ1v) is 10.9. The molecule has 0 saturated heterocycles. The minimum absolute atomic E-state index is 0.0813. The minimum Gasteiger partial charge on any atom is -0.352 e. The number of thioether (sulfide) groups is 1. The van der Waals surface area contributed by atoms with E-state index in [-0.39, 0.29) is 18.2 Å². The van der Waals surface area contributed by atoms with E-state index in [1.165, 1.54) is 36.1 Å². The van der Waals surface area contributed by atoms with Gasteiger partial charge in [0.1, 0.15) is 0 Å². The molecule has 0 aliphatic rings. The van der Waals surface area contributed by atoms with Gasteiger partial charge in [0.05, 0.1) is 5.69 Å². The molecule has 3 aromatic rings. The average molecular weight is 448 g/mol. The number of thiazole rings is 1. The lowest BCUT2D eigenvalue weighted by Crippen LogP contribution is -2.18. The van der Waals surface area contributed by atoms with Gasteiger partial charge in [-0.05, 0) is 23.8 Å². The first kappa shape index (κ1) is 21.9. The third-order valence-electron chi connectivity index (χ3n) is 4.03. The van der Waals surface area contributed by atoms with Gasteiger partial charge in [-0.3, -0.25) is 9.59 Å². The van der Waals surface area contributed by atoms with Crippen LogP contribution in [0.1, 0.15) is 18.9 Å². The molecule has 0 saturated carbocycles. The first-order chi connectivity index (χ1) is 14.4. The summed E-state index contributed by atoms with van der Waals surface area (Å²) in [6, 6.07) is 11.3. The summed E-state index contributed by atoms with van der Waals surface area (Å²) in [5.74, 6) is -1.63. The largest absolute Gasteiger partial charge is 0.352 e. The van der Waals surface area contributed by atoms with Gasteiger partial charge in [0.2, 0.25) is 11.8 Å². The van der Waals surface area contributed by atoms with Crippen LogP contribution >= 0.6 is 23.1 Å². The van der Waals surface area contributed by atoms with E-state index in [0.29, 0.717) is 22.3 Å². The van der Waals surface area contributed by atoms with Crippen molar-refractivity contribution in [2.75, 3.05) is 11.1 Å². The summed E-state index contributed by atoms with van der Waals surface area (Å²) in [6.07, 6.45) is 0.219. The van der Waals surface area contributed by atoms with Crippen molar-refractivity contribution in [2.24, 2.45) is 0 Å². The number of benzene rings is 2. The lowest BCUT2D eigenvalue weighted by atomic mass is 10.1. The molecular weight excluding hydrogens is 428 g/mol. The molecule has 0 aliphatic carbocycles. The number of carbonyl (C=O) groups excluding carboxylic acids is 2. The van der Waals surface area contributed by atoms with Gasteiger partial charge in [0.25, 0.3) is 0 Å². The SMILES string of the molecule is CC(=O)NCc1ccc(-c2csc(NC(=O)CCSc3ccc(F)c(F)c3)n2)cc1. The van der Waals surface area contributed by atoms with E-state index in [9.17, 15) is 18.4 Å². The minimum atomic E-state index is -0.900. The van der Waals surface area contributed by atoms with Crippen molar-refractivity contribution in [3.8, 4) is 11.3 Å². The number of aromatic nitrogens is 1. The number of hydrogen-bond donors (Lipinski definition) is 2. The van der Waals surface area contributed by atoms with Gasteiger partial charge < -0.3 is 10.6 Å². The second-order valence-electron chi connectivity index (χ2n) is 6.37. The van der Waals surface area contributed by atoms with Gasteiger partial charge >= 0.3 is 0 Å². The molecule has 2 N–H and O–H groups in total. The zero-order valence-electron chi connectivity index (χ0n) is 16.1. The third kappa shape index (κ3) is 6.36. The summed E-state index contributed by atoms with van der Waals surface area (Å²) in [5, 5.41) is 7.85. The Labute approximate surface area is 180 Å². The summed E-state index contributed by atoms with van der Waals surface area (Å²) in [4.78, 5) is 28.1. The quantitative estimate of drug-likeness (QED) is 0.485. The molecule has 3 rings (SSSR count). The van der Waals surface area contributed by atoms with E-state index in [2.05, 4.69) is 15.6 Å². The fraction of sp³-hybridized carbons (Fsp3) is 0.190. The Morgan fingerprint density at radius 3 is 2.57 bits per heavy atom. The molecule has 1 heterocycles. The number of halogens is 2. The van der Waals surface area contributed by atoms with E-state index in [4.69, 9.17) is 0 Å². The fourth-order valence-corrected chi connectivity index (χ4v) is 4.10. The van der Waals surface area contributed by atoms with Gasteiger partial charge in [-0.1, -0.05) is 24.3 Å². The van der Waals surface area contributed by atoms with Crippen LogP contribution in [-0.2, 0) is 16.1 Å². The maximum absolute atomic E-state index is 13.2. The number of nitrogens with zero attached hydrogens (tertiary/aromatic N) is 1. The van der Waals surface area contributed by atoms with E-state index in [0.717, 1.165) is 29.0 Å². The van der Waals surface area contributed by atoms with Crippen molar-refractivity contribution in [3.05, 3.63) is 65.0 Å². The number of anilines is 1. The normalized spacial score (nSPS) is 10.6. The number of rotatable bonds is 8. The van der Waals surface area contributed by atoms with Gasteiger partial charge in [-0.25, -0.2) is 13.8 Å². The van der Waals surface area contributed by atoms with Crippen LogP contribution in [0, 0.1) is 11.6 Å². The lowest BCUT2D eigenvalue weighted by Gasteiger charge is -2.04. The van der Waals surface area contributed by atoms with E-state index < -0.39 is 11.6 Å². The van der Waals surface area contributed by atoms with Crippen molar-refractivity contribution in [1.29, 1.82) is 0 Å².